The van der Waals surface area contributed by atoms with E-state index in [4.69, 9.17) is 5.11 Å². The fourth-order valence-corrected chi connectivity index (χ4v) is 3.45. The van der Waals surface area contributed by atoms with E-state index in [0.29, 0.717) is 6.42 Å². The number of nitrogens with one attached hydrogen (secondary N) is 1. The molecule has 0 amide bonds. The Kier molecular flexibility index (Phi) is 4.47. The molecule has 18 heavy (non-hydrogen) atoms. The molecule has 1 atom stereocenters. The molecule has 1 heterocycles. The molecule has 7 nitrogen and oxygen atoms in total. The number of rotatable bonds is 6. The molecule has 0 fully saturated rings. The molecule has 0 saturated heterocycles. The molecular formula is C10H17N3O4S. The van der Waals surface area contributed by atoms with E-state index in [-0.39, 0.29) is 23.2 Å². The van der Waals surface area contributed by atoms with E-state index in [0.717, 1.165) is 6.20 Å². The van der Waals surface area contributed by atoms with Crippen molar-refractivity contribution in [3.63, 3.8) is 0 Å². The number of hydrogen-bond acceptors (Lipinski definition) is 4. The quantitative estimate of drug-likeness (QED) is 0.803. The zero-order valence-corrected chi connectivity index (χ0v) is 11.4. The Balaban J connectivity index is 3.28. The number of aromatic amines is 1. The van der Waals surface area contributed by atoms with Gasteiger partial charge in [0, 0.05) is 12.6 Å². The first-order valence-electron chi connectivity index (χ1n) is 5.64. The molecule has 0 aliphatic carbocycles. The molecule has 0 aliphatic rings. The van der Waals surface area contributed by atoms with Gasteiger partial charge in [0.2, 0.25) is 0 Å². The van der Waals surface area contributed by atoms with E-state index in [2.05, 4.69) is 10.2 Å². The van der Waals surface area contributed by atoms with Crippen molar-refractivity contribution in [2.75, 3.05) is 6.54 Å². The van der Waals surface area contributed by atoms with Crippen molar-refractivity contribution in [3.05, 3.63) is 11.8 Å². The molecule has 0 bridgehead atoms. The van der Waals surface area contributed by atoms with Gasteiger partial charge < -0.3 is 5.11 Å². The maximum Gasteiger partial charge on any atom is 0.340 e. The highest BCUT2D eigenvalue weighted by atomic mass is 32.2. The summed E-state index contributed by atoms with van der Waals surface area (Å²) in [5.74, 6) is -1.32. The minimum absolute atomic E-state index is 0.204. The third kappa shape index (κ3) is 2.54. The second kappa shape index (κ2) is 5.49. The van der Waals surface area contributed by atoms with Crippen molar-refractivity contribution in [2.24, 2.45) is 0 Å². The third-order valence-electron chi connectivity index (χ3n) is 2.80. The summed E-state index contributed by atoms with van der Waals surface area (Å²) in [6, 6.07) is -0.204. The Bertz CT molecular complexity index is 523. The second-order valence-electron chi connectivity index (χ2n) is 3.88. The molecule has 8 heteroatoms. The first-order chi connectivity index (χ1) is 8.36. The van der Waals surface area contributed by atoms with E-state index in [9.17, 15) is 13.2 Å². The van der Waals surface area contributed by atoms with Gasteiger partial charge in [-0.15, -0.1) is 0 Å². The Morgan fingerprint density at radius 3 is 2.61 bits per heavy atom. The van der Waals surface area contributed by atoms with Gasteiger partial charge in [-0.3, -0.25) is 5.10 Å². The summed E-state index contributed by atoms with van der Waals surface area (Å²) < 4.78 is 25.9. The van der Waals surface area contributed by atoms with Crippen molar-refractivity contribution in [1.29, 1.82) is 0 Å². The average Bonchev–Trinajstić information content (AvgIpc) is 2.78. The number of sulfonamides is 1. The van der Waals surface area contributed by atoms with Crippen LogP contribution in [0.4, 0.5) is 0 Å². The number of hydrogen-bond donors (Lipinski definition) is 2. The van der Waals surface area contributed by atoms with Gasteiger partial charge in [-0.05, 0) is 13.3 Å². The lowest BCUT2D eigenvalue weighted by Crippen LogP contribution is -2.38. The lowest BCUT2D eigenvalue weighted by Gasteiger charge is -2.25. The number of carbonyl (C=O) groups is 1. The third-order valence-corrected chi connectivity index (χ3v) is 4.86. The van der Waals surface area contributed by atoms with Crippen molar-refractivity contribution in [2.45, 2.75) is 38.3 Å². The number of H-pyrrole nitrogens is 1. The molecule has 0 aromatic carbocycles. The molecular weight excluding hydrogens is 258 g/mol. The van der Waals surface area contributed by atoms with Gasteiger partial charge in [0.05, 0.1) is 6.20 Å². The van der Waals surface area contributed by atoms with E-state index in [1.807, 2.05) is 6.92 Å². The van der Waals surface area contributed by atoms with Crippen LogP contribution in [0, 0.1) is 0 Å². The van der Waals surface area contributed by atoms with Crippen LogP contribution in [0.5, 0.6) is 0 Å². The van der Waals surface area contributed by atoms with Crippen molar-refractivity contribution < 1.29 is 18.3 Å². The van der Waals surface area contributed by atoms with E-state index < -0.39 is 16.0 Å². The number of aromatic nitrogens is 2. The molecule has 1 aromatic rings. The van der Waals surface area contributed by atoms with Crippen LogP contribution < -0.4 is 0 Å². The Morgan fingerprint density at radius 1 is 1.56 bits per heavy atom. The van der Waals surface area contributed by atoms with E-state index >= 15 is 0 Å². The van der Waals surface area contributed by atoms with Crippen LogP contribution in [0.2, 0.25) is 0 Å². The first kappa shape index (κ1) is 14.7. The minimum atomic E-state index is -3.86. The SMILES string of the molecule is CCC(C)N(CC)S(=O)(=O)c1[nH]ncc1C(=O)O. The van der Waals surface area contributed by atoms with Gasteiger partial charge in [-0.1, -0.05) is 13.8 Å². The topological polar surface area (TPSA) is 103 Å². The highest BCUT2D eigenvalue weighted by Crippen LogP contribution is 2.20. The molecule has 1 rings (SSSR count). The van der Waals surface area contributed by atoms with E-state index in [1.165, 1.54) is 4.31 Å². The summed E-state index contributed by atoms with van der Waals surface area (Å²) >= 11 is 0. The molecule has 1 aromatic heterocycles. The van der Waals surface area contributed by atoms with Crippen LogP contribution in [0.25, 0.3) is 0 Å². The number of nitrogens with zero attached hydrogens (tertiary/aromatic N) is 2. The molecule has 1 unspecified atom stereocenters. The zero-order chi connectivity index (χ0) is 13.9. The van der Waals surface area contributed by atoms with Gasteiger partial charge >= 0.3 is 5.97 Å². The van der Waals surface area contributed by atoms with Crippen molar-refractivity contribution >= 4 is 16.0 Å². The van der Waals surface area contributed by atoms with Gasteiger partial charge in [0.15, 0.2) is 5.03 Å². The number of carboxylic acids is 1. The van der Waals surface area contributed by atoms with Gasteiger partial charge in [0.1, 0.15) is 5.56 Å². The second-order valence-corrected chi connectivity index (χ2v) is 5.71. The minimum Gasteiger partial charge on any atom is -0.478 e. The summed E-state index contributed by atoms with van der Waals surface area (Å²) in [6.45, 7) is 5.63. The predicted molar refractivity (Wildman–Crippen MR) is 64.9 cm³/mol. The van der Waals surface area contributed by atoms with Crippen LogP contribution >= 0.6 is 0 Å². The number of carboxylic acid groups (broad SMARTS) is 1. The van der Waals surface area contributed by atoms with Crippen LogP contribution in [-0.4, -0.2) is 46.6 Å². The van der Waals surface area contributed by atoms with Crippen LogP contribution in [0.15, 0.2) is 11.2 Å². The lowest BCUT2D eigenvalue weighted by molar-refractivity contribution is 0.0692. The largest absolute Gasteiger partial charge is 0.478 e. The summed E-state index contributed by atoms with van der Waals surface area (Å²) in [5, 5.41) is 14.3. The molecule has 0 saturated carbocycles. The summed E-state index contributed by atoms with van der Waals surface area (Å²) in [4.78, 5) is 10.9. The standard InChI is InChI=1S/C10H17N3O4S/c1-4-7(3)13(5-2)18(16,17)9-8(10(14)15)6-11-12-9/h6-7H,4-5H2,1-3H3,(H,11,12)(H,14,15). The maximum atomic E-state index is 12.3. The van der Waals surface area contributed by atoms with Crippen LogP contribution in [0.3, 0.4) is 0 Å². The highest BCUT2D eigenvalue weighted by Gasteiger charge is 2.32. The summed E-state index contributed by atoms with van der Waals surface area (Å²) in [6.07, 6.45) is 1.64. The first-order valence-corrected chi connectivity index (χ1v) is 7.08. The normalized spacial score (nSPS) is 13.8. The van der Waals surface area contributed by atoms with Gasteiger partial charge in [-0.25, -0.2) is 13.2 Å². The van der Waals surface area contributed by atoms with Crippen molar-refractivity contribution in [3.8, 4) is 0 Å². The van der Waals surface area contributed by atoms with Gasteiger partial charge in [0.25, 0.3) is 10.0 Å². The Labute approximate surface area is 106 Å². The van der Waals surface area contributed by atoms with E-state index in [1.54, 1.807) is 13.8 Å². The summed E-state index contributed by atoms with van der Waals surface area (Å²) in [5.41, 5.74) is -0.336. The molecule has 102 valence electrons. The fourth-order valence-electron chi connectivity index (χ4n) is 1.66. The average molecular weight is 275 g/mol. The zero-order valence-electron chi connectivity index (χ0n) is 10.5. The Hall–Kier alpha value is -1.41. The maximum absolute atomic E-state index is 12.3. The molecule has 0 spiro atoms. The van der Waals surface area contributed by atoms with Gasteiger partial charge in [-0.2, -0.15) is 9.40 Å². The molecule has 2 N–H and O–H groups in total. The molecule has 0 radical (unpaired) electrons. The fraction of sp³-hybridized carbons (Fsp3) is 0.600. The monoisotopic (exact) mass is 275 g/mol. The predicted octanol–water partition coefficient (Wildman–Crippen LogP) is 0.917. The lowest BCUT2D eigenvalue weighted by atomic mass is 10.3. The smallest absolute Gasteiger partial charge is 0.340 e. The van der Waals surface area contributed by atoms with Crippen molar-refractivity contribution in [1.82, 2.24) is 14.5 Å². The Morgan fingerprint density at radius 2 is 2.17 bits per heavy atom. The summed E-state index contributed by atoms with van der Waals surface area (Å²) in [7, 11) is -3.86. The molecule has 0 aliphatic heterocycles. The van der Waals surface area contributed by atoms with Crippen LogP contribution in [0.1, 0.15) is 37.6 Å². The van der Waals surface area contributed by atoms with Crippen LogP contribution in [-0.2, 0) is 10.0 Å². The highest BCUT2D eigenvalue weighted by molar-refractivity contribution is 7.89. The number of aromatic carboxylic acids is 1.